The van der Waals surface area contributed by atoms with Crippen molar-refractivity contribution in [3.8, 4) is 22.6 Å². The van der Waals surface area contributed by atoms with E-state index in [-0.39, 0.29) is 11.6 Å². The number of rotatable bonds is 5. The van der Waals surface area contributed by atoms with Gasteiger partial charge in [0.25, 0.3) is 0 Å². The van der Waals surface area contributed by atoms with Crippen LogP contribution in [0.4, 0.5) is 11.4 Å². The predicted octanol–water partition coefficient (Wildman–Crippen LogP) is 4.85. The van der Waals surface area contributed by atoms with Gasteiger partial charge in [-0.1, -0.05) is 18.2 Å². The fourth-order valence-electron chi connectivity index (χ4n) is 5.04. The third-order valence-electron chi connectivity index (χ3n) is 6.89. The molecule has 4 heterocycles. The molecule has 0 radical (unpaired) electrons. The summed E-state index contributed by atoms with van der Waals surface area (Å²) < 4.78 is 12.0. The van der Waals surface area contributed by atoms with Crippen LogP contribution in [0.3, 0.4) is 0 Å². The Labute approximate surface area is 215 Å². The van der Waals surface area contributed by atoms with Crippen LogP contribution in [0.25, 0.3) is 11.1 Å². The summed E-state index contributed by atoms with van der Waals surface area (Å²) in [5.41, 5.74) is 7.74. The molecular weight excluding hydrogens is 466 g/mol. The van der Waals surface area contributed by atoms with Gasteiger partial charge in [0.2, 0.25) is 5.56 Å². The summed E-state index contributed by atoms with van der Waals surface area (Å²) in [5, 5.41) is 3.54. The molecule has 2 N–H and O–H groups in total. The van der Waals surface area contributed by atoms with E-state index in [1.807, 2.05) is 19.1 Å². The Morgan fingerprint density at radius 3 is 2.76 bits per heavy atom. The predicted molar refractivity (Wildman–Crippen MR) is 144 cm³/mol. The lowest BCUT2D eigenvalue weighted by Gasteiger charge is -2.31. The first kappa shape index (κ1) is 23.2. The summed E-state index contributed by atoms with van der Waals surface area (Å²) in [6.07, 6.45) is 6.11. The Bertz CT molecular complexity index is 1510. The molecule has 1 unspecified atom stereocenters. The molecule has 0 amide bonds. The van der Waals surface area contributed by atoms with Crippen LogP contribution in [0.1, 0.15) is 35.5 Å². The number of hydrogen-bond acceptors (Lipinski definition) is 7. The van der Waals surface area contributed by atoms with Gasteiger partial charge in [0, 0.05) is 60.3 Å². The van der Waals surface area contributed by atoms with Crippen molar-refractivity contribution in [2.75, 3.05) is 36.5 Å². The van der Waals surface area contributed by atoms with Crippen LogP contribution >= 0.6 is 0 Å². The zero-order chi connectivity index (χ0) is 25.4. The molecule has 8 nitrogen and oxygen atoms in total. The van der Waals surface area contributed by atoms with Gasteiger partial charge in [0.15, 0.2) is 0 Å². The molecule has 188 valence electrons. The minimum atomic E-state index is -0.118. The van der Waals surface area contributed by atoms with Crippen LogP contribution in [0.5, 0.6) is 11.5 Å². The van der Waals surface area contributed by atoms with Crippen molar-refractivity contribution in [2.24, 2.45) is 0 Å². The lowest BCUT2D eigenvalue weighted by atomic mass is 9.94. The summed E-state index contributed by atoms with van der Waals surface area (Å²) in [5.74, 6) is 1.67. The number of H-pyrrole nitrogens is 1. The minimum absolute atomic E-state index is 0.0210. The Morgan fingerprint density at radius 2 is 1.92 bits per heavy atom. The van der Waals surface area contributed by atoms with Gasteiger partial charge in [-0.2, -0.15) is 0 Å². The SMILES string of the molecule is Cc1cncc(C(C)Nc2ccc3c(c2)Cc2cccc(-c4c[nH]c(=O)cc4N4CCOCC4)c2O3)n1. The van der Waals surface area contributed by atoms with Crippen LogP contribution in [-0.2, 0) is 11.2 Å². The van der Waals surface area contributed by atoms with Crippen LogP contribution in [0.15, 0.2) is 65.8 Å². The molecule has 0 spiro atoms. The van der Waals surface area contributed by atoms with Gasteiger partial charge in [0.05, 0.1) is 42.5 Å². The molecule has 37 heavy (non-hydrogen) atoms. The number of aromatic nitrogens is 3. The standard InChI is InChI=1S/C29H29N5O3/c1-18-15-30-17-25(32-18)19(2)33-22-6-7-27-21(13-22)12-20-4-3-5-23(29(20)37-27)24-16-31-28(35)14-26(24)34-8-10-36-11-9-34/h3-7,13-17,19,33H,8-12H2,1-2H3,(H,31,35). The second kappa shape index (κ2) is 9.71. The van der Waals surface area contributed by atoms with E-state index in [1.165, 1.54) is 0 Å². The first-order valence-corrected chi connectivity index (χ1v) is 12.6. The molecule has 0 aliphatic carbocycles. The fourth-order valence-corrected chi connectivity index (χ4v) is 5.04. The average molecular weight is 496 g/mol. The van der Waals surface area contributed by atoms with Crippen LogP contribution in [0, 0.1) is 6.92 Å². The normalized spacial score (nSPS) is 15.4. The van der Waals surface area contributed by atoms with Crippen LogP contribution < -0.4 is 20.5 Å². The smallest absolute Gasteiger partial charge is 0.250 e. The van der Waals surface area contributed by atoms with E-state index in [4.69, 9.17) is 9.47 Å². The van der Waals surface area contributed by atoms with E-state index in [2.05, 4.69) is 56.4 Å². The number of pyridine rings is 1. The highest BCUT2D eigenvalue weighted by atomic mass is 16.5. The van der Waals surface area contributed by atoms with Crippen LogP contribution in [0.2, 0.25) is 0 Å². The Hall–Kier alpha value is -4.17. The van der Waals surface area contributed by atoms with Gasteiger partial charge in [0.1, 0.15) is 11.5 Å². The van der Waals surface area contributed by atoms with Crippen molar-refractivity contribution < 1.29 is 9.47 Å². The maximum atomic E-state index is 12.2. The zero-order valence-electron chi connectivity index (χ0n) is 21.0. The van der Waals surface area contributed by atoms with Gasteiger partial charge in [-0.25, -0.2) is 0 Å². The van der Waals surface area contributed by atoms with E-state index in [0.717, 1.165) is 76.0 Å². The van der Waals surface area contributed by atoms with Gasteiger partial charge in [-0.3, -0.25) is 14.8 Å². The van der Waals surface area contributed by atoms with E-state index >= 15 is 0 Å². The number of aromatic amines is 1. The lowest BCUT2D eigenvalue weighted by molar-refractivity contribution is 0.122. The molecule has 2 aliphatic rings. The van der Waals surface area contributed by atoms with Gasteiger partial charge in [-0.05, 0) is 37.6 Å². The average Bonchev–Trinajstić information content (AvgIpc) is 2.92. The third kappa shape index (κ3) is 4.68. The topological polar surface area (TPSA) is 92.4 Å². The number of anilines is 2. The summed E-state index contributed by atoms with van der Waals surface area (Å²) in [7, 11) is 0. The van der Waals surface area contributed by atoms with Gasteiger partial charge < -0.3 is 24.7 Å². The first-order valence-electron chi connectivity index (χ1n) is 12.6. The first-order chi connectivity index (χ1) is 18.0. The number of aryl methyl sites for hydroxylation is 1. The van der Waals surface area contributed by atoms with Crippen molar-refractivity contribution in [3.63, 3.8) is 0 Å². The van der Waals surface area contributed by atoms with Crippen molar-refractivity contribution in [1.29, 1.82) is 0 Å². The van der Waals surface area contributed by atoms with E-state index in [0.29, 0.717) is 13.2 Å². The molecule has 2 aromatic carbocycles. The third-order valence-corrected chi connectivity index (χ3v) is 6.89. The summed E-state index contributed by atoms with van der Waals surface area (Å²) in [6.45, 7) is 6.82. The minimum Gasteiger partial charge on any atom is -0.456 e. The zero-order valence-corrected chi connectivity index (χ0v) is 21.0. The number of nitrogens with zero attached hydrogens (tertiary/aromatic N) is 3. The quantitative estimate of drug-likeness (QED) is 0.360. The van der Waals surface area contributed by atoms with E-state index < -0.39 is 0 Å². The molecule has 6 rings (SSSR count). The molecule has 0 saturated carbocycles. The number of para-hydroxylation sites is 1. The van der Waals surface area contributed by atoms with Gasteiger partial charge in [-0.15, -0.1) is 0 Å². The highest BCUT2D eigenvalue weighted by Gasteiger charge is 2.24. The number of morpholine rings is 1. The number of benzene rings is 2. The number of hydrogen-bond donors (Lipinski definition) is 2. The molecule has 1 saturated heterocycles. The van der Waals surface area contributed by atoms with Gasteiger partial charge >= 0.3 is 0 Å². The Morgan fingerprint density at radius 1 is 1.05 bits per heavy atom. The maximum Gasteiger partial charge on any atom is 0.250 e. The molecule has 1 atom stereocenters. The molecule has 2 aromatic heterocycles. The van der Waals surface area contributed by atoms with E-state index in [9.17, 15) is 4.79 Å². The second-order valence-electron chi connectivity index (χ2n) is 9.54. The molecule has 4 aromatic rings. The molecule has 2 aliphatic heterocycles. The Kier molecular flexibility index (Phi) is 6.10. The highest BCUT2D eigenvalue weighted by molar-refractivity contribution is 5.83. The van der Waals surface area contributed by atoms with Crippen molar-refractivity contribution >= 4 is 11.4 Å². The fraction of sp³-hybridized carbons (Fsp3) is 0.276. The molecular formula is C29H29N5O3. The second-order valence-corrected chi connectivity index (χ2v) is 9.54. The largest absolute Gasteiger partial charge is 0.456 e. The highest BCUT2D eigenvalue weighted by Crippen LogP contribution is 2.45. The van der Waals surface area contributed by atoms with E-state index in [1.54, 1.807) is 24.7 Å². The Balaban J connectivity index is 1.30. The number of ether oxygens (including phenoxy) is 2. The maximum absolute atomic E-state index is 12.2. The summed E-state index contributed by atoms with van der Waals surface area (Å²) >= 11 is 0. The lowest BCUT2D eigenvalue weighted by Crippen LogP contribution is -2.37. The molecule has 8 heteroatoms. The summed E-state index contributed by atoms with van der Waals surface area (Å²) in [6, 6.07) is 14.1. The number of fused-ring (bicyclic) bond motifs is 2. The molecule has 1 fully saturated rings. The number of nitrogens with one attached hydrogen (secondary N) is 2. The summed E-state index contributed by atoms with van der Waals surface area (Å²) in [4.78, 5) is 26.1. The van der Waals surface area contributed by atoms with Crippen molar-refractivity contribution in [3.05, 3.63) is 93.9 Å². The van der Waals surface area contributed by atoms with Crippen molar-refractivity contribution in [1.82, 2.24) is 15.0 Å². The van der Waals surface area contributed by atoms with Crippen molar-refractivity contribution in [2.45, 2.75) is 26.3 Å². The van der Waals surface area contributed by atoms with Crippen LogP contribution in [-0.4, -0.2) is 41.3 Å². The monoisotopic (exact) mass is 495 g/mol. The molecule has 0 bridgehead atoms.